The molecule has 1 rings (SSSR count). The molecule has 0 aromatic heterocycles. The average Bonchev–Trinajstić information content (AvgIpc) is 2.30. The third-order valence-corrected chi connectivity index (χ3v) is 3.04. The van der Waals surface area contributed by atoms with Gasteiger partial charge in [-0.25, -0.2) is 0 Å². The first-order chi connectivity index (χ1) is 8.90. The predicted octanol–water partition coefficient (Wildman–Crippen LogP) is 2.52. The molecule has 19 heavy (non-hydrogen) atoms. The summed E-state index contributed by atoms with van der Waals surface area (Å²) in [6.45, 7) is 4.02. The van der Waals surface area contributed by atoms with Gasteiger partial charge in [0.2, 0.25) is 5.91 Å². The molecule has 0 aliphatic heterocycles. The number of nitrogens with one attached hydrogen (secondary N) is 1. The number of carbonyl (C=O) groups is 1. The van der Waals surface area contributed by atoms with Gasteiger partial charge in [0.1, 0.15) is 0 Å². The van der Waals surface area contributed by atoms with Crippen molar-refractivity contribution in [3.63, 3.8) is 0 Å². The zero-order chi connectivity index (χ0) is 14.4. The van der Waals surface area contributed by atoms with E-state index in [1.807, 2.05) is 44.1 Å². The van der Waals surface area contributed by atoms with Crippen molar-refractivity contribution in [2.75, 3.05) is 24.3 Å². The van der Waals surface area contributed by atoms with Gasteiger partial charge >= 0.3 is 0 Å². The molecular weight excluding hydrogens is 238 g/mol. The standard InChI is InChI=1S/C15H25N3O/c1-11-8-9-13(10-14(11)18(3)4)17-15(19)7-5-6-12(2)16/h8-10,12H,5-7,16H2,1-4H3,(H,17,19). The molecular formula is C15H25N3O. The van der Waals surface area contributed by atoms with E-state index in [4.69, 9.17) is 5.73 Å². The molecule has 1 aromatic carbocycles. The van der Waals surface area contributed by atoms with E-state index in [1.54, 1.807) is 0 Å². The Labute approximate surface area is 116 Å². The maximum absolute atomic E-state index is 11.8. The average molecular weight is 263 g/mol. The van der Waals surface area contributed by atoms with Crippen LogP contribution in [0.25, 0.3) is 0 Å². The Bertz CT molecular complexity index is 427. The number of nitrogens with zero attached hydrogens (tertiary/aromatic N) is 1. The molecule has 1 unspecified atom stereocenters. The van der Waals surface area contributed by atoms with E-state index >= 15 is 0 Å². The van der Waals surface area contributed by atoms with Crippen LogP contribution in [-0.4, -0.2) is 26.0 Å². The van der Waals surface area contributed by atoms with Crippen molar-refractivity contribution in [3.05, 3.63) is 23.8 Å². The lowest BCUT2D eigenvalue weighted by Crippen LogP contribution is -2.17. The Kier molecular flexibility index (Phi) is 5.83. The monoisotopic (exact) mass is 263 g/mol. The van der Waals surface area contributed by atoms with Crippen LogP contribution in [0.5, 0.6) is 0 Å². The maximum Gasteiger partial charge on any atom is 0.224 e. The van der Waals surface area contributed by atoms with Crippen LogP contribution in [-0.2, 0) is 4.79 Å². The number of carbonyl (C=O) groups excluding carboxylic acids is 1. The number of anilines is 2. The summed E-state index contributed by atoms with van der Waals surface area (Å²) in [5.74, 6) is 0.0502. The Hall–Kier alpha value is -1.55. The van der Waals surface area contributed by atoms with E-state index in [9.17, 15) is 4.79 Å². The summed E-state index contributed by atoms with van der Waals surface area (Å²) in [7, 11) is 3.99. The van der Waals surface area contributed by atoms with Gasteiger partial charge in [-0.05, 0) is 44.4 Å². The number of aryl methyl sites for hydroxylation is 1. The molecule has 1 amide bonds. The second-order valence-corrected chi connectivity index (χ2v) is 5.31. The number of rotatable bonds is 6. The number of amides is 1. The summed E-state index contributed by atoms with van der Waals surface area (Å²) < 4.78 is 0. The van der Waals surface area contributed by atoms with Gasteiger partial charge < -0.3 is 16.0 Å². The number of benzene rings is 1. The van der Waals surface area contributed by atoms with Crippen LogP contribution in [0.3, 0.4) is 0 Å². The van der Waals surface area contributed by atoms with E-state index in [2.05, 4.69) is 12.2 Å². The summed E-state index contributed by atoms with van der Waals surface area (Å²) in [6.07, 6.45) is 2.23. The topological polar surface area (TPSA) is 58.4 Å². The highest BCUT2D eigenvalue weighted by atomic mass is 16.1. The summed E-state index contributed by atoms with van der Waals surface area (Å²) in [5, 5.41) is 2.93. The Balaban J connectivity index is 2.57. The molecule has 0 saturated heterocycles. The maximum atomic E-state index is 11.8. The first-order valence-electron chi connectivity index (χ1n) is 6.73. The van der Waals surface area contributed by atoms with Crippen molar-refractivity contribution < 1.29 is 4.79 Å². The Morgan fingerprint density at radius 1 is 1.42 bits per heavy atom. The fraction of sp³-hybridized carbons (Fsp3) is 0.533. The van der Waals surface area contributed by atoms with Crippen molar-refractivity contribution in [1.82, 2.24) is 0 Å². The largest absolute Gasteiger partial charge is 0.377 e. The van der Waals surface area contributed by atoms with Gasteiger partial charge in [0.15, 0.2) is 0 Å². The first kappa shape index (κ1) is 15.5. The number of hydrogen-bond donors (Lipinski definition) is 2. The predicted molar refractivity (Wildman–Crippen MR) is 81.6 cm³/mol. The quantitative estimate of drug-likeness (QED) is 0.829. The second kappa shape index (κ2) is 7.14. The molecule has 1 aromatic rings. The Morgan fingerprint density at radius 3 is 2.68 bits per heavy atom. The van der Waals surface area contributed by atoms with Crippen molar-refractivity contribution >= 4 is 17.3 Å². The van der Waals surface area contributed by atoms with E-state index < -0.39 is 0 Å². The van der Waals surface area contributed by atoms with Gasteiger partial charge in [-0.2, -0.15) is 0 Å². The zero-order valence-electron chi connectivity index (χ0n) is 12.4. The summed E-state index contributed by atoms with van der Waals surface area (Å²) >= 11 is 0. The second-order valence-electron chi connectivity index (χ2n) is 5.31. The molecule has 1 atom stereocenters. The van der Waals surface area contributed by atoms with Crippen LogP contribution in [0, 0.1) is 6.92 Å². The van der Waals surface area contributed by atoms with E-state index in [0.29, 0.717) is 6.42 Å². The Morgan fingerprint density at radius 2 is 2.11 bits per heavy atom. The third kappa shape index (κ3) is 5.30. The highest BCUT2D eigenvalue weighted by Gasteiger charge is 2.06. The normalized spacial score (nSPS) is 12.1. The lowest BCUT2D eigenvalue weighted by atomic mass is 10.1. The summed E-state index contributed by atoms with van der Waals surface area (Å²) in [4.78, 5) is 13.8. The van der Waals surface area contributed by atoms with Gasteiger partial charge in [0.05, 0.1) is 0 Å². The molecule has 3 N–H and O–H groups in total. The third-order valence-electron chi connectivity index (χ3n) is 3.04. The highest BCUT2D eigenvalue weighted by Crippen LogP contribution is 2.22. The SMILES string of the molecule is Cc1ccc(NC(=O)CCCC(C)N)cc1N(C)C. The van der Waals surface area contributed by atoms with Crippen molar-refractivity contribution in [3.8, 4) is 0 Å². The molecule has 0 radical (unpaired) electrons. The minimum absolute atomic E-state index is 0.0502. The van der Waals surface area contributed by atoms with Crippen LogP contribution < -0.4 is 16.0 Å². The fourth-order valence-corrected chi connectivity index (χ4v) is 1.98. The van der Waals surface area contributed by atoms with Crippen molar-refractivity contribution in [2.24, 2.45) is 5.73 Å². The number of hydrogen-bond acceptors (Lipinski definition) is 3. The van der Waals surface area contributed by atoms with E-state index in [-0.39, 0.29) is 11.9 Å². The molecule has 0 bridgehead atoms. The van der Waals surface area contributed by atoms with Crippen LogP contribution >= 0.6 is 0 Å². The number of nitrogens with two attached hydrogens (primary N) is 1. The van der Waals surface area contributed by atoms with Gasteiger partial charge in [-0.3, -0.25) is 4.79 Å². The zero-order valence-corrected chi connectivity index (χ0v) is 12.4. The van der Waals surface area contributed by atoms with Gasteiger partial charge in [-0.1, -0.05) is 6.07 Å². The molecule has 0 aliphatic carbocycles. The minimum atomic E-state index is 0.0502. The molecule has 4 nitrogen and oxygen atoms in total. The van der Waals surface area contributed by atoms with Crippen LogP contribution in [0.1, 0.15) is 31.7 Å². The van der Waals surface area contributed by atoms with Gasteiger partial charge in [0.25, 0.3) is 0 Å². The van der Waals surface area contributed by atoms with Crippen molar-refractivity contribution in [2.45, 2.75) is 39.2 Å². The van der Waals surface area contributed by atoms with Gasteiger partial charge in [0, 0.05) is 37.9 Å². The first-order valence-corrected chi connectivity index (χ1v) is 6.73. The van der Waals surface area contributed by atoms with Crippen LogP contribution in [0.15, 0.2) is 18.2 Å². The molecule has 0 heterocycles. The molecule has 0 saturated carbocycles. The van der Waals surface area contributed by atoms with Crippen LogP contribution in [0.4, 0.5) is 11.4 Å². The van der Waals surface area contributed by atoms with Crippen molar-refractivity contribution in [1.29, 1.82) is 0 Å². The van der Waals surface area contributed by atoms with E-state index in [1.165, 1.54) is 5.56 Å². The summed E-state index contributed by atoms with van der Waals surface area (Å²) in [5.41, 5.74) is 8.82. The van der Waals surface area contributed by atoms with Crippen LogP contribution in [0.2, 0.25) is 0 Å². The molecule has 0 aliphatic rings. The lowest BCUT2D eigenvalue weighted by Gasteiger charge is -2.17. The fourth-order valence-electron chi connectivity index (χ4n) is 1.98. The van der Waals surface area contributed by atoms with E-state index in [0.717, 1.165) is 24.2 Å². The summed E-state index contributed by atoms with van der Waals surface area (Å²) in [6, 6.07) is 6.12. The minimum Gasteiger partial charge on any atom is -0.377 e. The molecule has 0 spiro atoms. The molecule has 4 heteroatoms. The molecule has 0 fully saturated rings. The molecule has 106 valence electrons. The van der Waals surface area contributed by atoms with Gasteiger partial charge in [-0.15, -0.1) is 0 Å². The highest BCUT2D eigenvalue weighted by molar-refractivity contribution is 5.91. The smallest absolute Gasteiger partial charge is 0.224 e. The lowest BCUT2D eigenvalue weighted by molar-refractivity contribution is -0.116.